The molecule has 0 heterocycles. The van der Waals surface area contributed by atoms with E-state index in [0.29, 0.717) is 0 Å². The van der Waals surface area contributed by atoms with Crippen molar-refractivity contribution in [3.8, 4) is 0 Å². The molecule has 82 valence electrons. The van der Waals surface area contributed by atoms with Gasteiger partial charge >= 0.3 is 0 Å². The van der Waals surface area contributed by atoms with Crippen LogP contribution in [0.2, 0.25) is 0 Å². The van der Waals surface area contributed by atoms with Crippen LogP contribution in [-0.2, 0) is 0 Å². The predicted molar refractivity (Wildman–Crippen MR) is 53.8 cm³/mol. The smallest absolute Gasteiger partial charge is 0.170 e. The lowest BCUT2D eigenvalue weighted by molar-refractivity contribution is 0.0977. The van der Waals surface area contributed by atoms with Crippen LogP contribution < -0.4 is 5.73 Å². The van der Waals surface area contributed by atoms with E-state index in [4.69, 9.17) is 5.73 Å². The predicted octanol–water partition coefficient (Wildman–Crippen LogP) is 2.11. The first-order valence-corrected chi connectivity index (χ1v) is 4.67. The third-order valence-electron chi connectivity index (χ3n) is 2.21. The molecule has 0 amide bonds. The molecular weight excluding hydrogens is 200 g/mol. The number of Topliss-reactive ketones (excluding diaryl/α,β-unsaturated/α-hetero) is 1. The van der Waals surface area contributed by atoms with Gasteiger partial charge in [0.25, 0.3) is 0 Å². The van der Waals surface area contributed by atoms with Crippen molar-refractivity contribution in [2.45, 2.75) is 20.3 Å². The molecular formula is C11H13F2NO. The monoisotopic (exact) mass is 213 g/mol. The normalized spacial score (nSPS) is 10.5. The van der Waals surface area contributed by atoms with Crippen molar-refractivity contribution >= 4 is 5.78 Å². The van der Waals surface area contributed by atoms with Gasteiger partial charge in [0.15, 0.2) is 5.78 Å². The van der Waals surface area contributed by atoms with Crippen LogP contribution in [0.25, 0.3) is 0 Å². The first-order chi connectivity index (χ1) is 6.99. The van der Waals surface area contributed by atoms with Crippen LogP contribution in [0.5, 0.6) is 0 Å². The van der Waals surface area contributed by atoms with Gasteiger partial charge < -0.3 is 5.73 Å². The largest absolute Gasteiger partial charge is 0.330 e. The Labute approximate surface area is 87.1 Å². The molecule has 0 aliphatic heterocycles. The highest BCUT2D eigenvalue weighted by Crippen LogP contribution is 2.21. The number of hydrogen-bond acceptors (Lipinski definition) is 2. The molecule has 1 aromatic carbocycles. The van der Waals surface area contributed by atoms with Crippen LogP contribution >= 0.6 is 0 Å². The summed E-state index contributed by atoms with van der Waals surface area (Å²) in [4.78, 5) is 11.4. The van der Waals surface area contributed by atoms with Gasteiger partial charge in [-0.2, -0.15) is 0 Å². The second-order valence-corrected chi connectivity index (χ2v) is 3.48. The molecule has 4 heteroatoms. The minimum absolute atomic E-state index is 0.0449. The zero-order valence-electron chi connectivity index (χ0n) is 8.73. The van der Waals surface area contributed by atoms with Gasteiger partial charge in [0, 0.05) is 6.42 Å². The third-order valence-corrected chi connectivity index (χ3v) is 2.21. The van der Waals surface area contributed by atoms with Gasteiger partial charge in [-0.3, -0.25) is 4.79 Å². The number of halogens is 2. The summed E-state index contributed by atoms with van der Waals surface area (Å²) in [5.74, 6) is -2.15. The lowest BCUT2D eigenvalue weighted by Gasteiger charge is -2.08. The minimum atomic E-state index is -0.781. The molecule has 2 nitrogen and oxygen atoms in total. The van der Waals surface area contributed by atoms with Crippen LogP contribution in [-0.4, -0.2) is 12.3 Å². The molecule has 0 aliphatic carbocycles. The van der Waals surface area contributed by atoms with Gasteiger partial charge in [-0.15, -0.1) is 0 Å². The molecule has 0 radical (unpaired) electrons. The second-order valence-electron chi connectivity index (χ2n) is 3.48. The van der Waals surface area contributed by atoms with E-state index in [2.05, 4.69) is 0 Å². The minimum Gasteiger partial charge on any atom is -0.330 e. The van der Waals surface area contributed by atoms with Gasteiger partial charge in [0.1, 0.15) is 11.6 Å². The van der Waals surface area contributed by atoms with Crippen molar-refractivity contribution in [2.75, 3.05) is 6.54 Å². The fourth-order valence-electron chi connectivity index (χ4n) is 1.44. The molecule has 0 saturated heterocycles. The number of carbonyl (C=O) groups is 1. The summed E-state index contributed by atoms with van der Waals surface area (Å²) in [6, 6.07) is 1.38. The van der Waals surface area contributed by atoms with Crippen LogP contribution in [0, 0.1) is 25.5 Å². The summed E-state index contributed by atoms with van der Waals surface area (Å²) in [7, 11) is 0. The summed E-state index contributed by atoms with van der Waals surface area (Å²) in [6.07, 6.45) is -0.0449. The average Bonchev–Trinajstić information content (AvgIpc) is 2.16. The Hall–Kier alpha value is -1.29. The Morgan fingerprint density at radius 1 is 1.27 bits per heavy atom. The van der Waals surface area contributed by atoms with E-state index in [1.165, 1.54) is 19.9 Å². The molecule has 0 saturated carbocycles. The van der Waals surface area contributed by atoms with Gasteiger partial charge in [-0.1, -0.05) is 6.07 Å². The van der Waals surface area contributed by atoms with Gasteiger partial charge in [0.05, 0.1) is 5.56 Å². The zero-order chi connectivity index (χ0) is 11.6. The molecule has 0 fully saturated rings. The quantitative estimate of drug-likeness (QED) is 0.781. The summed E-state index contributed by atoms with van der Waals surface area (Å²) >= 11 is 0. The number of benzene rings is 1. The van der Waals surface area contributed by atoms with E-state index in [0.717, 1.165) is 0 Å². The molecule has 1 rings (SSSR count). The van der Waals surface area contributed by atoms with Crippen LogP contribution in [0.15, 0.2) is 6.07 Å². The van der Waals surface area contributed by atoms with Crippen LogP contribution in [0.4, 0.5) is 8.78 Å². The highest BCUT2D eigenvalue weighted by molar-refractivity contribution is 5.97. The van der Waals surface area contributed by atoms with Crippen molar-refractivity contribution in [1.29, 1.82) is 0 Å². The average molecular weight is 213 g/mol. The maximum atomic E-state index is 13.5. The van der Waals surface area contributed by atoms with E-state index in [1.54, 1.807) is 0 Å². The third kappa shape index (κ3) is 2.21. The fraction of sp³-hybridized carbons (Fsp3) is 0.364. The molecule has 15 heavy (non-hydrogen) atoms. The fourth-order valence-corrected chi connectivity index (χ4v) is 1.44. The van der Waals surface area contributed by atoms with Crippen molar-refractivity contribution in [3.63, 3.8) is 0 Å². The van der Waals surface area contributed by atoms with E-state index in [-0.39, 0.29) is 24.1 Å². The van der Waals surface area contributed by atoms with Crippen LogP contribution in [0.1, 0.15) is 27.9 Å². The number of aryl methyl sites for hydroxylation is 2. The second kappa shape index (κ2) is 4.49. The van der Waals surface area contributed by atoms with Crippen LogP contribution in [0.3, 0.4) is 0 Å². The standard InChI is InChI=1S/C11H13F2NO/c1-6-5-7(2)11(13)9(10(6)12)8(15)3-4-14/h5H,3-4,14H2,1-2H3. The maximum Gasteiger partial charge on any atom is 0.170 e. The molecule has 0 atom stereocenters. The molecule has 1 aromatic rings. The van der Waals surface area contributed by atoms with Gasteiger partial charge in [0.2, 0.25) is 0 Å². The Balaban J connectivity index is 3.32. The Morgan fingerprint density at radius 3 is 2.13 bits per heavy atom. The molecule has 0 aliphatic rings. The first kappa shape index (κ1) is 11.8. The number of carbonyl (C=O) groups excluding carboxylic acids is 1. The molecule has 0 unspecified atom stereocenters. The first-order valence-electron chi connectivity index (χ1n) is 4.67. The molecule has 0 spiro atoms. The Bertz CT molecular complexity index is 376. The maximum absolute atomic E-state index is 13.5. The van der Waals surface area contributed by atoms with Crippen molar-refractivity contribution < 1.29 is 13.6 Å². The lowest BCUT2D eigenvalue weighted by Crippen LogP contribution is -2.13. The van der Waals surface area contributed by atoms with Gasteiger partial charge in [-0.25, -0.2) is 8.78 Å². The highest BCUT2D eigenvalue weighted by atomic mass is 19.1. The molecule has 0 bridgehead atoms. The summed E-state index contributed by atoms with van der Waals surface area (Å²) in [5.41, 5.74) is 5.26. The summed E-state index contributed by atoms with van der Waals surface area (Å²) in [6.45, 7) is 3.09. The van der Waals surface area contributed by atoms with E-state index >= 15 is 0 Å². The topological polar surface area (TPSA) is 43.1 Å². The number of rotatable bonds is 3. The van der Waals surface area contributed by atoms with E-state index < -0.39 is 23.0 Å². The Morgan fingerprint density at radius 2 is 1.73 bits per heavy atom. The van der Waals surface area contributed by atoms with Crippen molar-refractivity contribution in [1.82, 2.24) is 0 Å². The summed E-state index contributed by atoms with van der Waals surface area (Å²) < 4.78 is 27.0. The Kier molecular flexibility index (Phi) is 3.52. The van der Waals surface area contributed by atoms with Crippen molar-refractivity contribution in [2.24, 2.45) is 5.73 Å². The highest BCUT2D eigenvalue weighted by Gasteiger charge is 2.20. The SMILES string of the molecule is Cc1cc(C)c(F)c(C(=O)CCN)c1F. The number of ketones is 1. The lowest BCUT2D eigenvalue weighted by atomic mass is 10.0. The number of hydrogen-bond donors (Lipinski definition) is 1. The van der Waals surface area contributed by atoms with Crippen molar-refractivity contribution in [3.05, 3.63) is 34.4 Å². The van der Waals surface area contributed by atoms with Gasteiger partial charge in [-0.05, 0) is 31.5 Å². The molecule has 0 aromatic heterocycles. The zero-order valence-corrected chi connectivity index (χ0v) is 8.73. The molecule has 2 N–H and O–H groups in total. The number of nitrogens with two attached hydrogens (primary N) is 1. The summed E-state index contributed by atoms with van der Waals surface area (Å²) in [5, 5.41) is 0. The van der Waals surface area contributed by atoms with E-state index in [9.17, 15) is 13.6 Å². The van der Waals surface area contributed by atoms with E-state index in [1.807, 2.05) is 0 Å².